The average Bonchev–Trinajstić information content (AvgIpc) is 3.67. The summed E-state index contributed by atoms with van der Waals surface area (Å²) in [5.74, 6) is 0. The Morgan fingerprint density at radius 1 is 0.451 bits per heavy atom. The van der Waals surface area contributed by atoms with E-state index in [9.17, 15) is 0 Å². The molecular weight excluding hydrogens is 619 g/mol. The van der Waals surface area contributed by atoms with Crippen molar-refractivity contribution in [3.63, 3.8) is 0 Å². The van der Waals surface area contributed by atoms with Gasteiger partial charge in [-0.2, -0.15) is 0 Å². The molecule has 0 fully saturated rings. The van der Waals surface area contributed by atoms with Gasteiger partial charge in [-0.25, -0.2) is 0 Å². The van der Waals surface area contributed by atoms with Crippen LogP contribution in [0.15, 0.2) is 180 Å². The first-order valence-corrected chi connectivity index (χ1v) is 17.7. The van der Waals surface area contributed by atoms with Gasteiger partial charge < -0.3 is 9.32 Å². The first-order chi connectivity index (χ1) is 25.0. The molecule has 0 N–H and O–H groups in total. The maximum Gasteiger partial charge on any atom is 0.136 e. The molecule has 1 aliphatic carbocycles. The van der Waals surface area contributed by atoms with Gasteiger partial charge in [-0.3, -0.25) is 0 Å². The molecule has 10 rings (SSSR count). The molecule has 0 spiro atoms. The van der Waals surface area contributed by atoms with Crippen LogP contribution >= 0.6 is 0 Å². The molecule has 2 nitrogen and oxygen atoms in total. The van der Waals surface area contributed by atoms with Crippen LogP contribution in [0.5, 0.6) is 0 Å². The van der Waals surface area contributed by atoms with E-state index in [1.54, 1.807) is 0 Å². The number of hydrogen-bond donors (Lipinski definition) is 0. The minimum atomic E-state index is -0.130. The molecule has 1 aromatic heterocycles. The summed E-state index contributed by atoms with van der Waals surface area (Å²) in [5.41, 5.74) is 15.0. The van der Waals surface area contributed by atoms with E-state index in [0.717, 1.165) is 50.1 Å². The van der Waals surface area contributed by atoms with Crippen LogP contribution in [-0.2, 0) is 5.41 Å². The lowest BCUT2D eigenvalue weighted by molar-refractivity contribution is 0.660. The van der Waals surface area contributed by atoms with Crippen LogP contribution < -0.4 is 4.90 Å². The first-order valence-electron chi connectivity index (χ1n) is 17.7. The molecule has 2 heteroatoms. The Hall–Kier alpha value is -6.38. The molecular formula is C49H35NO. The van der Waals surface area contributed by atoms with Crippen molar-refractivity contribution in [2.45, 2.75) is 19.3 Å². The first kappa shape index (κ1) is 29.5. The number of hydrogen-bond acceptors (Lipinski definition) is 2. The Bertz CT molecular complexity index is 2790. The van der Waals surface area contributed by atoms with Crippen LogP contribution in [0.3, 0.4) is 0 Å². The van der Waals surface area contributed by atoms with Crippen LogP contribution in [0.2, 0.25) is 0 Å². The number of fused-ring (bicyclic) bond motifs is 7. The molecule has 1 aliphatic rings. The van der Waals surface area contributed by atoms with Crippen molar-refractivity contribution in [1.82, 2.24) is 0 Å². The number of benzene rings is 8. The SMILES string of the molecule is CC1(C)c2ccccc2-c2ccc(N(c3ccc4ccccc4c3)c3ccc4oc5ccccc5c4c3-c3cccc(-c4ccccc4)c3)cc21. The Balaban J connectivity index is 1.28. The summed E-state index contributed by atoms with van der Waals surface area (Å²) in [6, 6.07) is 63.8. The zero-order valence-corrected chi connectivity index (χ0v) is 28.6. The van der Waals surface area contributed by atoms with E-state index >= 15 is 0 Å². The number of rotatable bonds is 5. The van der Waals surface area contributed by atoms with E-state index in [2.05, 4.69) is 189 Å². The number of nitrogens with zero attached hydrogens (tertiary/aromatic N) is 1. The van der Waals surface area contributed by atoms with Crippen molar-refractivity contribution in [2.24, 2.45) is 0 Å². The molecule has 0 atom stereocenters. The topological polar surface area (TPSA) is 16.4 Å². The van der Waals surface area contributed by atoms with Gasteiger partial charge in [0.15, 0.2) is 0 Å². The molecule has 9 aromatic rings. The van der Waals surface area contributed by atoms with Crippen LogP contribution in [0, 0.1) is 0 Å². The molecule has 0 unspecified atom stereocenters. The van der Waals surface area contributed by atoms with E-state index in [1.165, 1.54) is 44.2 Å². The monoisotopic (exact) mass is 653 g/mol. The Kier molecular flexibility index (Phi) is 6.56. The van der Waals surface area contributed by atoms with Crippen molar-refractivity contribution in [1.29, 1.82) is 0 Å². The highest BCUT2D eigenvalue weighted by atomic mass is 16.3. The predicted octanol–water partition coefficient (Wildman–Crippen LogP) is 13.8. The fraction of sp³-hybridized carbons (Fsp3) is 0.0612. The lowest BCUT2D eigenvalue weighted by Gasteiger charge is -2.30. The third-order valence-electron chi connectivity index (χ3n) is 10.8. The van der Waals surface area contributed by atoms with Gasteiger partial charge in [0.1, 0.15) is 11.2 Å². The number of furan rings is 1. The molecule has 1 heterocycles. The lowest BCUT2D eigenvalue weighted by atomic mass is 9.82. The van der Waals surface area contributed by atoms with Gasteiger partial charge in [-0.15, -0.1) is 0 Å². The molecule has 0 saturated heterocycles. The summed E-state index contributed by atoms with van der Waals surface area (Å²) in [7, 11) is 0. The van der Waals surface area contributed by atoms with Gasteiger partial charge in [-0.05, 0) is 98.2 Å². The molecule has 0 radical (unpaired) electrons. The summed E-state index contributed by atoms with van der Waals surface area (Å²) in [6.45, 7) is 4.71. The third-order valence-corrected chi connectivity index (χ3v) is 10.8. The summed E-state index contributed by atoms with van der Waals surface area (Å²) >= 11 is 0. The van der Waals surface area contributed by atoms with Gasteiger partial charge in [0.25, 0.3) is 0 Å². The maximum atomic E-state index is 6.54. The van der Waals surface area contributed by atoms with Crippen LogP contribution in [0.1, 0.15) is 25.0 Å². The van der Waals surface area contributed by atoms with Crippen molar-refractivity contribution >= 4 is 49.8 Å². The van der Waals surface area contributed by atoms with E-state index in [-0.39, 0.29) is 5.41 Å². The summed E-state index contributed by atoms with van der Waals surface area (Å²) < 4.78 is 6.54. The molecule has 0 bridgehead atoms. The molecule has 0 amide bonds. The molecule has 8 aromatic carbocycles. The summed E-state index contributed by atoms with van der Waals surface area (Å²) in [6.07, 6.45) is 0. The molecule has 242 valence electrons. The van der Waals surface area contributed by atoms with Gasteiger partial charge in [0, 0.05) is 33.1 Å². The highest BCUT2D eigenvalue weighted by Crippen LogP contribution is 2.52. The Labute approximate surface area is 297 Å². The fourth-order valence-corrected chi connectivity index (χ4v) is 8.34. The molecule has 0 saturated carbocycles. The van der Waals surface area contributed by atoms with Crippen LogP contribution in [-0.4, -0.2) is 0 Å². The summed E-state index contributed by atoms with van der Waals surface area (Å²) in [4.78, 5) is 2.46. The van der Waals surface area contributed by atoms with Crippen molar-refractivity contribution in [3.8, 4) is 33.4 Å². The van der Waals surface area contributed by atoms with Crippen molar-refractivity contribution < 1.29 is 4.42 Å². The second-order valence-corrected chi connectivity index (χ2v) is 14.1. The molecule has 51 heavy (non-hydrogen) atoms. The summed E-state index contributed by atoms with van der Waals surface area (Å²) in [5, 5.41) is 4.65. The Morgan fingerprint density at radius 3 is 2.04 bits per heavy atom. The number of anilines is 3. The average molecular weight is 654 g/mol. The standard InChI is InChI=1S/C49H35NO/c1-49(2)42-21-10-8-19-39(42)40-26-25-38(31-43(40)49)50(37-24-23-33-15-6-7-16-35(33)30-37)44-27-28-46-48(41-20-9-11-22-45(41)51-46)47(44)36-18-12-17-34(29-36)32-13-4-3-5-14-32/h3-31H,1-2H3. The zero-order valence-electron chi connectivity index (χ0n) is 28.6. The quantitative estimate of drug-likeness (QED) is 0.184. The molecule has 0 aliphatic heterocycles. The van der Waals surface area contributed by atoms with E-state index in [1.807, 2.05) is 6.07 Å². The van der Waals surface area contributed by atoms with Gasteiger partial charge in [0.2, 0.25) is 0 Å². The minimum Gasteiger partial charge on any atom is -0.456 e. The maximum absolute atomic E-state index is 6.54. The second-order valence-electron chi connectivity index (χ2n) is 14.1. The van der Waals surface area contributed by atoms with E-state index in [0.29, 0.717) is 0 Å². The van der Waals surface area contributed by atoms with Gasteiger partial charge >= 0.3 is 0 Å². The minimum absolute atomic E-state index is 0.130. The normalized spacial score (nSPS) is 13.1. The van der Waals surface area contributed by atoms with Crippen molar-refractivity contribution in [3.05, 3.63) is 187 Å². The van der Waals surface area contributed by atoms with Gasteiger partial charge in [-0.1, -0.05) is 141 Å². The van der Waals surface area contributed by atoms with Gasteiger partial charge in [0.05, 0.1) is 5.69 Å². The highest BCUT2D eigenvalue weighted by molar-refractivity contribution is 6.16. The second kappa shape index (κ2) is 11.3. The smallest absolute Gasteiger partial charge is 0.136 e. The van der Waals surface area contributed by atoms with Crippen LogP contribution in [0.4, 0.5) is 17.1 Å². The third kappa shape index (κ3) is 4.64. The lowest BCUT2D eigenvalue weighted by Crippen LogP contribution is -2.17. The predicted molar refractivity (Wildman–Crippen MR) is 214 cm³/mol. The zero-order chi connectivity index (χ0) is 34.1. The van der Waals surface area contributed by atoms with E-state index in [4.69, 9.17) is 4.42 Å². The van der Waals surface area contributed by atoms with Crippen molar-refractivity contribution in [2.75, 3.05) is 4.90 Å². The highest BCUT2D eigenvalue weighted by Gasteiger charge is 2.36. The van der Waals surface area contributed by atoms with Crippen LogP contribution in [0.25, 0.3) is 66.1 Å². The fourth-order valence-electron chi connectivity index (χ4n) is 8.34. The largest absolute Gasteiger partial charge is 0.456 e. The Morgan fingerprint density at radius 2 is 1.14 bits per heavy atom. The number of para-hydroxylation sites is 1. The van der Waals surface area contributed by atoms with E-state index < -0.39 is 0 Å².